The Hall–Kier alpha value is -0.990. The predicted molar refractivity (Wildman–Crippen MR) is 49.6 cm³/mol. The average Bonchev–Trinajstić information content (AvgIpc) is 1.84. The number of amidine groups is 1. The Kier molecular flexibility index (Phi) is 4.34. The lowest BCUT2D eigenvalue weighted by atomic mass is 10.3. The Labute approximate surface area is 68.4 Å². The maximum absolute atomic E-state index is 5.48. The second-order valence-electron chi connectivity index (χ2n) is 2.80. The van der Waals surface area contributed by atoms with Gasteiger partial charge in [0, 0.05) is 18.8 Å². The number of aliphatic imine (C=N–C) groups is 1. The molecule has 0 aromatic rings. The lowest BCUT2D eigenvalue weighted by Gasteiger charge is -2.08. The van der Waals surface area contributed by atoms with Gasteiger partial charge in [0.15, 0.2) is 0 Å². The van der Waals surface area contributed by atoms with E-state index in [1.165, 1.54) is 0 Å². The van der Waals surface area contributed by atoms with Crippen LogP contribution in [0.2, 0.25) is 0 Å². The molecule has 0 radical (unpaired) electrons. The largest absolute Gasteiger partial charge is 0.402 e. The number of nitrogens with two attached hydrogens (primary N) is 1. The monoisotopic (exact) mass is 155 g/mol. The quantitative estimate of drug-likeness (QED) is 0.459. The fraction of sp³-hybridized carbons (Fsp3) is 0.625. The van der Waals surface area contributed by atoms with Crippen molar-refractivity contribution in [2.75, 3.05) is 7.05 Å². The van der Waals surface area contributed by atoms with Gasteiger partial charge in [0.25, 0.3) is 0 Å². The first-order chi connectivity index (χ1) is 5.06. The second-order valence-corrected chi connectivity index (χ2v) is 2.80. The van der Waals surface area contributed by atoms with E-state index in [1.807, 2.05) is 13.0 Å². The normalized spacial score (nSPS) is 13.9. The molecule has 0 amide bonds. The van der Waals surface area contributed by atoms with Gasteiger partial charge in [-0.2, -0.15) is 0 Å². The first-order valence-electron chi connectivity index (χ1n) is 3.73. The topological polar surface area (TPSA) is 50.4 Å². The zero-order chi connectivity index (χ0) is 8.85. The van der Waals surface area contributed by atoms with Crippen LogP contribution in [-0.2, 0) is 0 Å². The minimum atomic E-state index is 0.393. The molecule has 3 nitrogen and oxygen atoms in total. The van der Waals surface area contributed by atoms with E-state index in [1.54, 1.807) is 7.05 Å². The van der Waals surface area contributed by atoms with Crippen LogP contribution in [0, 0.1) is 0 Å². The minimum absolute atomic E-state index is 0.393. The van der Waals surface area contributed by atoms with Gasteiger partial charge in [0.1, 0.15) is 5.84 Å². The summed E-state index contributed by atoms with van der Waals surface area (Å²) in [6, 6.07) is 0.393. The summed E-state index contributed by atoms with van der Waals surface area (Å²) in [6.45, 7) is 5.96. The van der Waals surface area contributed by atoms with E-state index in [2.05, 4.69) is 24.2 Å². The zero-order valence-electron chi connectivity index (χ0n) is 7.68. The summed E-state index contributed by atoms with van der Waals surface area (Å²) in [5.74, 6) is 0.833. The predicted octanol–water partition coefficient (Wildman–Crippen LogP) is 0.875. The molecule has 3 heteroatoms. The highest BCUT2D eigenvalue weighted by Crippen LogP contribution is 1.85. The summed E-state index contributed by atoms with van der Waals surface area (Å²) in [7, 11) is 1.74. The van der Waals surface area contributed by atoms with Crippen LogP contribution in [0.15, 0.2) is 16.8 Å². The molecule has 0 aliphatic carbocycles. The number of rotatable bonds is 2. The van der Waals surface area contributed by atoms with Gasteiger partial charge in [0.05, 0.1) is 0 Å². The van der Waals surface area contributed by atoms with Crippen molar-refractivity contribution < 1.29 is 0 Å². The van der Waals surface area contributed by atoms with E-state index >= 15 is 0 Å². The van der Waals surface area contributed by atoms with Crippen LogP contribution in [0.5, 0.6) is 0 Å². The van der Waals surface area contributed by atoms with Gasteiger partial charge < -0.3 is 11.1 Å². The third kappa shape index (κ3) is 5.45. The fourth-order valence-corrected chi connectivity index (χ4v) is 0.682. The van der Waals surface area contributed by atoms with E-state index in [0.29, 0.717) is 6.04 Å². The Morgan fingerprint density at radius 3 is 2.36 bits per heavy atom. The summed E-state index contributed by atoms with van der Waals surface area (Å²) >= 11 is 0. The summed E-state index contributed by atoms with van der Waals surface area (Å²) in [5.41, 5.74) is 6.25. The summed E-state index contributed by atoms with van der Waals surface area (Å²) in [4.78, 5) is 4.02. The van der Waals surface area contributed by atoms with Crippen LogP contribution in [0.1, 0.15) is 20.8 Å². The first-order valence-corrected chi connectivity index (χ1v) is 3.73. The molecule has 0 unspecified atom stereocenters. The van der Waals surface area contributed by atoms with E-state index in [0.717, 1.165) is 11.5 Å². The molecular formula is C8H17N3. The van der Waals surface area contributed by atoms with E-state index in [4.69, 9.17) is 5.73 Å². The first kappa shape index (κ1) is 10.0. The minimum Gasteiger partial charge on any atom is -0.402 e. The van der Waals surface area contributed by atoms with Crippen molar-refractivity contribution >= 4 is 5.84 Å². The Bertz CT molecular complexity index is 164. The maximum atomic E-state index is 5.48. The molecule has 0 heterocycles. The maximum Gasteiger partial charge on any atom is 0.122 e. The van der Waals surface area contributed by atoms with Crippen LogP contribution in [0.3, 0.4) is 0 Å². The lowest BCUT2D eigenvalue weighted by Crippen LogP contribution is -2.29. The highest BCUT2D eigenvalue weighted by Gasteiger charge is 1.95. The van der Waals surface area contributed by atoms with Crippen LogP contribution >= 0.6 is 0 Å². The molecule has 0 aromatic heterocycles. The molecule has 64 valence electrons. The summed E-state index contributed by atoms with van der Waals surface area (Å²) < 4.78 is 0. The second kappa shape index (κ2) is 4.77. The number of hydrogen-bond donors (Lipinski definition) is 2. The summed E-state index contributed by atoms with van der Waals surface area (Å²) in [5, 5.41) is 3.15. The van der Waals surface area contributed by atoms with Gasteiger partial charge in [-0.1, -0.05) is 0 Å². The van der Waals surface area contributed by atoms with Gasteiger partial charge >= 0.3 is 0 Å². The van der Waals surface area contributed by atoms with Crippen LogP contribution < -0.4 is 11.1 Å². The van der Waals surface area contributed by atoms with Gasteiger partial charge in [0.2, 0.25) is 0 Å². The van der Waals surface area contributed by atoms with Gasteiger partial charge in [-0.25, -0.2) is 0 Å². The molecule has 0 atom stereocenters. The molecular weight excluding hydrogens is 138 g/mol. The molecule has 0 rings (SSSR count). The van der Waals surface area contributed by atoms with Crippen molar-refractivity contribution in [3.8, 4) is 0 Å². The number of nitrogens with zero attached hydrogens (tertiary/aromatic N) is 1. The van der Waals surface area contributed by atoms with Crippen molar-refractivity contribution in [1.82, 2.24) is 5.32 Å². The number of allylic oxidation sites excluding steroid dienone is 1. The van der Waals surface area contributed by atoms with Crippen molar-refractivity contribution in [2.24, 2.45) is 10.7 Å². The van der Waals surface area contributed by atoms with Gasteiger partial charge in [-0.15, -0.1) is 0 Å². The molecule has 0 fully saturated rings. The van der Waals surface area contributed by atoms with Crippen molar-refractivity contribution in [3.63, 3.8) is 0 Å². The highest BCUT2D eigenvalue weighted by atomic mass is 15.0. The number of hydrogen-bond acceptors (Lipinski definition) is 2. The Morgan fingerprint density at radius 1 is 1.55 bits per heavy atom. The molecule has 0 aliphatic heterocycles. The standard InChI is InChI=1S/C8H17N3/c1-6(2)11-8(10-4)5-7(3)9/h5-6H,9H2,1-4H3,(H,10,11). The smallest absolute Gasteiger partial charge is 0.122 e. The molecule has 11 heavy (non-hydrogen) atoms. The van der Waals surface area contributed by atoms with E-state index in [9.17, 15) is 0 Å². The summed E-state index contributed by atoms with van der Waals surface area (Å²) in [6.07, 6.45) is 1.82. The third-order valence-electron chi connectivity index (χ3n) is 1.04. The third-order valence-corrected chi connectivity index (χ3v) is 1.04. The Morgan fingerprint density at radius 2 is 2.09 bits per heavy atom. The molecule has 0 saturated carbocycles. The zero-order valence-corrected chi connectivity index (χ0v) is 7.68. The molecule has 0 bridgehead atoms. The molecule has 0 aromatic carbocycles. The van der Waals surface area contributed by atoms with Crippen LogP contribution in [-0.4, -0.2) is 18.9 Å². The van der Waals surface area contributed by atoms with Crippen molar-refractivity contribution in [3.05, 3.63) is 11.8 Å². The van der Waals surface area contributed by atoms with E-state index < -0.39 is 0 Å². The molecule has 3 N–H and O–H groups in total. The fourth-order valence-electron chi connectivity index (χ4n) is 0.682. The highest BCUT2D eigenvalue weighted by molar-refractivity contribution is 5.93. The Balaban J connectivity index is 4.10. The number of nitrogens with one attached hydrogen (secondary N) is 1. The van der Waals surface area contributed by atoms with Crippen LogP contribution in [0.4, 0.5) is 0 Å². The molecule has 0 aliphatic rings. The van der Waals surface area contributed by atoms with Gasteiger partial charge in [-0.3, -0.25) is 4.99 Å². The molecule has 0 saturated heterocycles. The SMILES string of the molecule is CN=C(C=C(C)N)NC(C)C. The molecule has 0 spiro atoms. The average molecular weight is 155 g/mol. The van der Waals surface area contributed by atoms with E-state index in [-0.39, 0.29) is 0 Å². The van der Waals surface area contributed by atoms with Crippen molar-refractivity contribution in [2.45, 2.75) is 26.8 Å². The lowest BCUT2D eigenvalue weighted by molar-refractivity contribution is 0.734. The van der Waals surface area contributed by atoms with Crippen molar-refractivity contribution in [1.29, 1.82) is 0 Å². The van der Waals surface area contributed by atoms with Gasteiger partial charge in [-0.05, 0) is 26.8 Å². The van der Waals surface area contributed by atoms with Crippen LogP contribution in [0.25, 0.3) is 0 Å².